The number of ether oxygens (including phenoxy) is 4. The number of benzene rings is 1. The summed E-state index contributed by atoms with van der Waals surface area (Å²) in [6.07, 6.45) is -3.51. The summed E-state index contributed by atoms with van der Waals surface area (Å²) < 4.78 is 56.6. The number of carbonyl (C=O) groups is 2. The van der Waals surface area contributed by atoms with Gasteiger partial charge in [-0.3, -0.25) is 4.79 Å². The minimum Gasteiger partial charge on any atom is -0.494 e. The van der Waals surface area contributed by atoms with Crippen LogP contribution < -0.4 is 19.5 Å². The Hall–Kier alpha value is -3.50. The molecule has 1 heterocycles. The van der Waals surface area contributed by atoms with Crippen molar-refractivity contribution >= 4 is 17.6 Å². The van der Waals surface area contributed by atoms with Crippen molar-refractivity contribution in [2.24, 2.45) is 0 Å². The van der Waals surface area contributed by atoms with Crippen LogP contribution in [-0.2, 0) is 9.53 Å². The van der Waals surface area contributed by atoms with Gasteiger partial charge in [0.15, 0.2) is 13.2 Å². The van der Waals surface area contributed by atoms with E-state index in [0.29, 0.717) is 30.4 Å². The van der Waals surface area contributed by atoms with E-state index in [1.54, 1.807) is 25.1 Å². The average Bonchev–Trinajstić information content (AvgIpc) is 2.72. The van der Waals surface area contributed by atoms with Crippen LogP contribution in [0.2, 0.25) is 0 Å². The maximum absolute atomic E-state index is 12.2. The Labute approximate surface area is 176 Å². The molecule has 31 heavy (non-hydrogen) atoms. The van der Waals surface area contributed by atoms with Crippen molar-refractivity contribution in [2.75, 3.05) is 31.7 Å². The predicted octanol–water partition coefficient (Wildman–Crippen LogP) is 3.62. The molecule has 2 aromatic rings. The molecule has 1 N–H and O–H groups in total. The van der Waals surface area contributed by atoms with Crippen LogP contribution in [0.25, 0.3) is 0 Å². The van der Waals surface area contributed by atoms with Crippen LogP contribution >= 0.6 is 0 Å². The van der Waals surface area contributed by atoms with E-state index in [9.17, 15) is 22.8 Å². The minimum atomic E-state index is -4.50. The number of nitrogens with zero attached hydrogens (tertiary/aromatic N) is 1. The molecule has 1 amide bonds. The van der Waals surface area contributed by atoms with Gasteiger partial charge in [0, 0.05) is 18.3 Å². The number of halogens is 3. The number of anilines is 1. The first-order valence-electron chi connectivity index (χ1n) is 9.24. The van der Waals surface area contributed by atoms with Gasteiger partial charge in [-0.2, -0.15) is 13.2 Å². The second-order valence-electron chi connectivity index (χ2n) is 5.94. The van der Waals surface area contributed by atoms with E-state index >= 15 is 0 Å². The van der Waals surface area contributed by atoms with Crippen molar-refractivity contribution < 1.29 is 41.7 Å². The number of aromatic nitrogens is 1. The highest BCUT2D eigenvalue weighted by molar-refractivity contribution is 5.96. The normalized spacial score (nSPS) is 10.9. The lowest BCUT2D eigenvalue weighted by Gasteiger charge is -2.13. The van der Waals surface area contributed by atoms with Crippen LogP contribution in [0.1, 0.15) is 24.2 Å². The molecule has 0 bridgehead atoms. The number of esters is 1. The summed E-state index contributed by atoms with van der Waals surface area (Å²) in [7, 11) is 0. The molecule has 168 valence electrons. The highest BCUT2D eigenvalue weighted by Crippen LogP contribution is 2.29. The molecule has 0 saturated carbocycles. The fraction of sp³-hybridized carbons (Fsp3) is 0.350. The SMILES string of the molecule is CCOc1ccc(OCC)c(NC(=O)COC(=O)c2ccc(OCC(F)(F)F)nc2)c1. The summed E-state index contributed by atoms with van der Waals surface area (Å²) in [5, 5.41) is 2.58. The quantitative estimate of drug-likeness (QED) is 0.562. The van der Waals surface area contributed by atoms with Gasteiger partial charge in [-0.05, 0) is 32.0 Å². The monoisotopic (exact) mass is 442 g/mol. The van der Waals surface area contributed by atoms with Gasteiger partial charge in [0.05, 0.1) is 24.5 Å². The third kappa shape index (κ3) is 8.03. The van der Waals surface area contributed by atoms with E-state index in [1.165, 1.54) is 6.07 Å². The Bertz CT molecular complexity index is 887. The molecule has 0 aliphatic rings. The molecule has 1 aromatic heterocycles. The number of alkyl halides is 3. The van der Waals surface area contributed by atoms with Crippen LogP contribution in [0.4, 0.5) is 18.9 Å². The molecule has 0 saturated heterocycles. The second kappa shape index (κ2) is 11.0. The Morgan fingerprint density at radius 3 is 2.39 bits per heavy atom. The van der Waals surface area contributed by atoms with Gasteiger partial charge in [0.1, 0.15) is 11.5 Å². The summed E-state index contributed by atoms with van der Waals surface area (Å²) in [6, 6.07) is 7.19. The topological polar surface area (TPSA) is 96.0 Å². The molecule has 0 aliphatic heterocycles. The van der Waals surface area contributed by atoms with Crippen LogP contribution in [0.5, 0.6) is 17.4 Å². The lowest BCUT2D eigenvalue weighted by molar-refractivity contribution is -0.154. The van der Waals surface area contributed by atoms with Crippen molar-refractivity contribution in [1.29, 1.82) is 0 Å². The van der Waals surface area contributed by atoms with E-state index < -0.39 is 31.3 Å². The zero-order valence-corrected chi connectivity index (χ0v) is 16.8. The first kappa shape index (κ1) is 23.8. The number of pyridine rings is 1. The Morgan fingerprint density at radius 2 is 1.77 bits per heavy atom. The minimum absolute atomic E-state index is 0.0551. The molecule has 0 fully saturated rings. The number of hydrogen-bond acceptors (Lipinski definition) is 7. The van der Waals surface area contributed by atoms with Crippen molar-refractivity contribution in [3.05, 3.63) is 42.1 Å². The fourth-order valence-electron chi connectivity index (χ4n) is 2.29. The number of amides is 1. The zero-order chi connectivity index (χ0) is 22.9. The largest absolute Gasteiger partial charge is 0.494 e. The molecule has 0 unspecified atom stereocenters. The number of nitrogens with one attached hydrogen (secondary N) is 1. The van der Waals surface area contributed by atoms with Crippen LogP contribution in [0, 0.1) is 0 Å². The standard InChI is InChI=1S/C20H21F3N2O6/c1-3-28-14-6-7-16(29-4-2)15(9-14)25-17(26)11-30-19(27)13-5-8-18(24-10-13)31-12-20(21,22)23/h5-10H,3-4,11-12H2,1-2H3,(H,25,26). The first-order chi connectivity index (χ1) is 14.7. The zero-order valence-electron chi connectivity index (χ0n) is 16.8. The van der Waals surface area contributed by atoms with Crippen molar-refractivity contribution in [3.63, 3.8) is 0 Å². The van der Waals surface area contributed by atoms with Gasteiger partial charge < -0.3 is 24.3 Å². The van der Waals surface area contributed by atoms with Gasteiger partial charge in [0.2, 0.25) is 5.88 Å². The van der Waals surface area contributed by atoms with Gasteiger partial charge in [-0.25, -0.2) is 9.78 Å². The van der Waals surface area contributed by atoms with E-state index in [1.807, 2.05) is 6.92 Å². The van der Waals surface area contributed by atoms with Gasteiger partial charge in [-0.15, -0.1) is 0 Å². The molecule has 0 atom stereocenters. The van der Waals surface area contributed by atoms with Crippen LogP contribution in [-0.4, -0.2) is 49.5 Å². The Balaban J connectivity index is 1.92. The lowest BCUT2D eigenvalue weighted by atomic mass is 10.2. The summed E-state index contributed by atoms with van der Waals surface area (Å²) in [5.41, 5.74) is 0.294. The smallest absolute Gasteiger partial charge is 0.422 e. The summed E-state index contributed by atoms with van der Waals surface area (Å²) >= 11 is 0. The van der Waals surface area contributed by atoms with E-state index in [0.717, 1.165) is 12.3 Å². The maximum Gasteiger partial charge on any atom is 0.422 e. The first-order valence-corrected chi connectivity index (χ1v) is 9.24. The van der Waals surface area contributed by atoms with Gasteiger partial charge >= 0.3 is 12.1 Å². The molecule has 0 spiro atoms. The summed E-state index contributed by atoms with van der Waals surface area (Å²) in [4.78, 5) is 27.8. The van der Waals surface area contributed by atoms with E-state index in [2.05, 4.69) is 15.0 Å². The van der Waals surface area contributed by atoms with Gasteiger partial charge in [-0.1, -0.05) is 0 Å². The van der Waals surface area contributed by atoms with Crippen LogP contribution in [0.3, 0.4) is 0 Å². The predicted molar refractivity (Wildman–Crippen MR) is 103 cm³/mol. The third-order valence-electron chi connectivity index (χ3n) is 3.53. The van der Waals surface area contributed by atoms with E-state index in [-0.39, 0.29) is 11.4 Å². The summed E-state index contributed by atoms with van der Waals surface area (Å²) in [6.45, 7) is 2.32. The number of hydrogen-bond donors (Lipinski definition) is 1. The Kier molecular flexibility index (Phi) is 8.47. The number of carbonyl (C=O) groups excluding carboxylic acids is 2. The Morgan fingerprint density at radius 1 is 1.03 bits per heavy atom. The molecule has 8 nitrogen and oxygen atoms in total. The highest BCUT2D eigenvalue weighted by atomic mass is 19.4. The maximum atomic E-state index is 12.2. The average molecular weight is 442 g/mol. The van der Waals surface area contributed by atoms with Gasteiger partial charge in [0.25, 0.3) is 5.91 Å². The van der Waals surface area contributed by atoms with Crippen molar-refractivity contribution in [3.8, 4) is 17.4 Å². The van der Waals surface area contributed by atoms with Crippen molar-refractivity contribution in [2.45, 2.75) is 20.0 Å². The lowest BCUT2D eigenvalue weighted by Crippen LogP contribution is -2.21. The molecule has 1 aromatic carbocycles. The molecular weight excluding hydrogens is 421 g/mol. The summed E-state index contributed by atoms with van der Waals surface area (Å²) in [5.74, 6) is -0.857. The van der Waals surface area contributed by atoms with Crippen molar-refractivity contribution in [1.82, 2.24) is 4.98 Å². The molecular formula is C20H21F3N2O6. The molecule has 2 rings (SSSR count). The third-order valence-corrected chi connectivity index (χ3v) is 3.53. The molecule has 11 heteroatoms. The highest BCUT2D eigenvalue weighted by Gasteiger charge is 2.28. The molecule has 0 radical (unpaired) electrons. The number of rotatable bonds is 10. The fourth-order valence-corrected chi connectivity index (χ4v) is 2.29. The van der Waals surface area contributed by atoms with Crippen LogP contribution in [0.15, 0.2) is 36.5 Å². The molecule has 0 aliphatic carbocycles. The van der Waals surface area contributed by atoms with E-state index in [4.69, 9.17) is 14.2 Å². The second-order valence-corrected chi connectivity index (χ2v) is 5.94.